The maximum atomic E-state index is 2.48. The van der Waals surface area contributed by atoms with Gasteiger partial charge in [0.15, 0.2) is 11.0 Å². The molecule has 0 saturated carbocycles. The number of imidazole rings is 1. The number of rotatable bonds is 4. The Balaban J connectivity index is 1.82. The second-order valence-corrected chi connectivity index (χ2v) is 9.58. The number of hydrogen-bond acceptors (Lipinski definition) is 0. The predicted octanol–water partition coefficient (Wildman–Crippen LogP) is 7.50. The number of aryl methyl sites for hydroxylation is 2. The summed E-state index contributed by atoms with van der Waals surface area (Å²) in [5.74, 6) is 1.58. The molecule has 0 N–H and O–H groups in total. The Morgan fingerprint density at radius 3 is 2.06 bits per heavy atom. The number of benzene rings is 4. The quantitative estimate of drug-likeness (QED) is 0.244. The van der Waals surface area contributed by atoms with Crippen molar-refractivity contribution in [2.24, 2.45) is 7.05 Å². The van der Waals surface area contributed by atoms with Gasteiger partial charge in [0.2, 0.25) is 0 Å². The summed E-state index contributed by atoms with van der Waals surface area (Å²) in [6.45, 7) is 6.81. The van der Waals surface area contributed by atoms with Crippen LogP contribution in [0.5, 0.6) is 0 Å². The third kappa shape index (κ3) is 3.23. The molecule has 0 fully saturated rings. The Bertz CT molecular complexity index is 1680. The minimum atomic E-state index is 0.411. The first kappa shape index (κ1) is 21.4. The van der Waals surface area contributed by atoms with Crippen molar-refractivity contribution in [3.05, 3.63) is 114 Å². The zero-order chi connectivity index (χ0) is 24.1. The van der Waals surface area contributed by atoms with Crippen LogP contribution in [0.1, 0.15) is 30.9 Å². The van der Waals surface area contributed by atoms with Crippen molar-refractivity contribution < 1.29 is 4.57 Å². The van der Waals surface area contributed by atoms with E-state index in [2.05, 4.69) is 145 Å². The summed E-state index contributed by atoms with van der Waals surface area (Å²) in [6, 6.07) is 37.0. The molecule has 172 valence electrons. The Morgan fingerprint density at radius 1 is 0.657 bits per heavy atom. The average molecular weight is 457 g/mol. The fourth-order valence-corrected chi connectivity index (χ4v) is 5.52. The summed E-state index contributed by atoms with van der Waals surface area (Å²) in [5, 5.41) is 1.28. The molecule has 0 radical (unpaired) electrons. The molecule has 4 aromatic carbocycles. The molecule has 0 saturated heterocycles. The first-order chi connectivity index (χ1) is 17.1. The largest absolute Gasteiger partial charge is 0.312 e. The molecule has 6 rings (SSSR count). The van der Waals surface area contributed by atoms with Crippen LogP contribution >= 0.6 is 0 Å². The molecule has 0 unspecified atom stereocenters. The van der Waals surface area contributed by atoms with Crippen LogP contribution in [0.3, 0.4) is 0 Å². The SMILES string of the molecule is Cc1c(-c2n(-c3ccccc3)c3ccccc3[n+]2C)n(-c2ccccc2C(C)C)c2ccccc12. The van der Waals surface area contributed by atoms with E-state index < -0.39 is 0 Å². The summed E-state index contributed by atoms with van der Waals surface area (Å²) in [7, 11) is 2.19. The predicted molar refractivity (Wildman–Crippen MR) is 146 cm³/mol. The monoisotopic (exact) mass is 456 g/mol. The molecule has 2 heterocycles. The smallest absolute Gasteiger partial charge is 0.302 e. The second kappa shape index (κ2) is 8.28. The molecule has 0 atom stereocenters. The molecule has 0 aliphatic rings. The second-order valence-electron chi connectivity index (χ2n) is 9.58. The molecule has 0 aliphatic heterocycles. The van der Waals surface area contributed by atoms with Gasteiger partial charge in [-0.15, -0.1) is 0 Å². The first-order valence-electron chi connectivity index (χ1n) is 12.3. The van der Waals surface area contributed by atoms with Gasteiger partial charge >= 0.3 is 5.82 Å². The minimum Gasteiger partial charge on any atom is -0.302 e. The van der Waals surface area contributed by atoms with Crippen molar-refractivity contribution in [3.63, 3.8) is 0 Å². The molecule has 3 nitrogen and oxygen atoms in total. The van der Waals surface area contributed by atoms with Gasteiger partial charge < -0.3 is 4.57 Å². The lowest BCUT2D eigenvalue weighted by Crippen LogP contribution is -2.31. The van der Waals surface area contributed by atoms with E-state index in [0.717, 1.165) is 5.69 Å². The highest BCUT2D eigenvalue weighted by molar-refractivity contribution is 5.93. The van der Waals surface area contributed by atoms with Crippen LogP contribution in [-0.4, -0.2) is 9.13 Å². The zero-order valence-electron chi connectivity index (χ0n) is 20.7. The number of aromatic nitrogens is 3. The van der Waals surface area contributed by atoms with Crippen LogP contribution in [0.25, 0.3) is 44.8 Å². The van der Waals surface area contributed by atoms with Crippen LogP contribution in [0.2, 0.25) is 0 Å². The lowest BCUT2D eigenvalue weighted by molar-refractivity contribution is -0.634. The van der Waals surface area contributed by atoms with Crippen LogP contribution in [-0.2, 0) is 7.05 Å². The van der Waals surface area contributed by atoms with Gasteiger partial charge in [-0.25, -0.2) is 4.57 Å². The van der Waals surface area contributed by atoms with Crippen molar-refractivity contribution >= 4 is 21.9 Å². The molecule has 0 amide bonds. The Morgan fingerprint density at radius 2 is 1.29 bits per heavy atom. The average Bonchev–Trinajstić information content (AvgIpc) is 3.35. The van der Waals surface area contributed by atoms with Crippen LogP contribution in [0, 0.1) is 6.92 Å². The van der Waals surface area contributed by atoms with Gasteiger partial charge in [-0.05, 0) is 60.4 Å². The van der Waals surface area contributed by atoms with E-state index in [-0.39, 0.29) is 0 Å². The fourth-order valence-electron chi connectivity index (χ4n) is 5.52. The topological polar surface area (TPSA) is 13.7 Å². The molecule has 0 spiro atoms. The van der Waals surface area contributed by atoms with E-state index in [9.17, 15) is 0 Å². The minimum absolute atomic E-state index is 0.411. The number of fused-ring (bicyclic) bond motifs is 2. The molecule has 0 bridgehead atoms. The molecule has 2 aromatic heterocycles. The van der Waals surface area contributed by atoms with Crippen LogP contribution in [0.15, 0.2) is 103 Å². The Kier molecular flexibility index (Phi) is 5.07. The zero-order valence-corrected chi connectivity index (χ0v) is 20.7. The number of nitrogens with zero attached hydrogens (tertiary/aromatic N) is 3. The van der Waals surface area contributed by atoms with Crippen molar-refractivity contribution in [1.29, 1.82) is 0 Å². The summed E-state index contributed by atoms with van der Waals surface area (Å²) < 4.78 is 7.23. The van der Waals surface area contributed by atoms with Gasteiger partial charge in [-0.3, -0.25) is 0 Å². The van der Waals surface area contributed by atoms with Gasteiger partial charge in [0.05, 0.1) is 12.6 Å². The normalized spacial score (nSPS) is 11.7. The molecule has 35 heavy (non-hydrogen) atoms. The van der Waals surface area contributed by atoms with Gasteiger partial charge in [0.1, 0.15) is 11.4 Å². The summed E-state index contributed by atoms with van der Waals surface area (Å²) in [5.41, 5.74) is 9.90. The van der Waals surface area contributed by atoms with E-state index in [1.54, 1.807) is 0 Å². The number of para-hydroxylation sites is 5. The highest BCUT2D eigenvalue weighted by atomic mass is 15.2. The first-order valence-corrected chi connectivity index (χ1v) is 12.3. The summed E-state index contributed by atoms with van der Waals surface area (Å²) >= 11 is 0. The third-order valence-corrected chi connectivity index (χ3v) is 7.17. The van der Waals surface area contributed by atoms with E-state index in [4.69, 9.17) is 0 Å². The standard InChI is InChI=1S/C32H30N3/c1-22(2)25-16-8-10-18-27(25)35-28-19-11-9-17-26(28)23(3)31(35)32-33(4)29-20-12-13-21-30(29)34(32)24-14-6-5-7-15-24/h5-22H,1-4H3/q+1. The lowest BCUT2D eigenvalue weighted by Gasteiger charge is -2.17. The van der Waals surface area contributed by atoms with Gasteiger partial charge in [0.25, 0.3) is 0 Å². The van der Waals surface area contributed by atoms with Gasteiger partial charge in [-0.1, -0.05) is 80.6 Å². The highest BCUT2D eigenvalue weighted by Gasteiger charge is 2.32. The van der Waals surface area contributed by atoms with Crippen molar-refractivity contribution in [2.45, 2.75) is 26.7 Å². The molecule has 6 aromatic rings. The van der Waals surface area contributed by atoms with Gasteiger partial charge in [-0.2, -0.15) is 4.57 Å². The summed E-state index contributed by atoms with van der Waals surface area (Å²) in [6.07, 6.45) is 0. The fraction of sp³-hybridized carbons (Fsp3) is 0.156. The van der Waals surface area contributed by atoms with E-state index in [0.29, 0.717) is 5.92 Å². The molecule has 3 heteroatoms. The third-order valence-electron chi connectivity index (χ3n) is 7.17. The number of hydrogen-bond donors (Lipinski definition) is 0. The van der Waals surface area contributed by atoms with E-state index >= 15 is 0 Å². The molecule has 0 aliphatic carbocycles. The highest BCUT2D eigenvalue weighted by Crippen LogP contribution is 2.39. The van der Waals surface area contributed by atoms with Crippen LogP contribution in [0.4, 0.5) is 0 Å². The lowest BCUT2D eigenvalue weighted by atomic mass is 10.0. The molecular weight excluding hydrogens is 426 g/mol. The van der Waals surface area contributed by atoms with Crippen molar-refractivity contribution in [2.75, 3.05) is 0 Å². The maximum Gasteiger partial charge on any atom is 0.312 e. The van der Waals surface area contributed by atoms with Crippen molar-refractivity contribution in [1.82, 2.24) is 9.13 Å². The Hall–Kier alpha value is -4.11. The Labute approximate surface area is 206 Å². The van der Waals surface area contributed by atoms with E-state index in [1.165, 1.54) is 50.3 Å². The van der Waals surface area contributed by atoms with Crippen molar-refractivity contribution in [3.8, 4) is 22.9 Å². The summed E-state index contributed by atoms with van der Waals surface area (Å²) in [4.78, 5) is 0. The van der Waals surface area contributed by atoms with E-state index in [1.807, 2.05) is 0 Å². The molecular formula is C32H30N3+. The van der Waals surface area contributed by atoms with Crippen LogP contribution < -0.4 is 4.57 Å². The van der Waals surface area contributed by atoms with Gasteiger partial charge in [0, 0.05) is 11.1 Å². The maximum absolute atomic E-state index is 2.48.